The summed E-state index contributed by atoms with van der Waals surface area (Å²) in [6.45, 7) is 1.91. The van der Waals surface area contributed by atoms with Gasteiger partial charge in [-0.1, -0.05) is 43.3 Å². The fraction of sp³-hybridized carbons (Fsp3) is 0.348. The molecular formula is C23H30N3NaO6S. The third-order valence-electron chi connectivity index (χ3n) is 5.23. The average Bonchev–Trinajstić information content (AvgIpc) is 2.76. The van der Waals surface area contributed by atoms with Crippen LogP contribution in [0.1, 0.15) is 49.3 Å². The Bertz CT molecular complexity index is 1040. The third kappa shape index (κ3) is 10.0. The van der Waals surface area contributed by atoms with E-state index in [4.69, 9.17) is 16.2 Å². The first-order valence-electron chi connectivity index (χ1n) is 10.5. The van der Waals surface area contributed by atoms with Gasteiger partial charge in [-0.05, 0) is 60.6 Å². The van der Waals surface area contributed by atoms with E-state index in [2.05, 4.69) is 4.99 Å². The van der Waals surface area contributed by atoms with E-state index < -0.39 is 21.5 Å². The van der Waals surface area contributed by atoms with Gasteiger partial charge >= 0.3 is 29.6 Å². The summed E-state index contributed by atoms with van der Waals surface area (Å²) < 4.78 is 41.1. The van der Waals surface area contributed by atoms with Gasteiger partial charge in [0.15, 0.2) is 12.7 Å². The Labute approximate surface area is 222 Å². The van der Waals surface area contributed by atoms with E-state index >= 15 is 0 Å². The first kappa shape index (κ1) is 30.0. The molecular weight excluding hydrogens is 469 g/mol. The number of aliphatic hydroxyl groups is 1. The Morgan fingerprint density at radius 3 is 2.24 bits per heavy atom. The zero-order chi connectivity index (χ0) is 24.4. The van der Waals surface area contributed by atoms with Crippen molar-refractivity contribution in [1.82, 2.24) is 0 Å². The van der Waals surface area contributed by atoms with Crippen LogP contribution in [0.2, 0.25) is 0 Å². The van der Waals surface area contributed by atoms with E-state index in [9.17, 15) is 23.2 Å². The molecule has 2 aromatic carbocycles. The number of aliphatic hydroxyl groups excluding tert-OH is 1. The Hall–Kier alpha value is -2.08. The summed E-state index contributed by atoms with van der Waals surface area (Å²) in [7, 11) is -4.55. The summed E-state index contributed by atoms with van der Waals surface area (Å²) in [5, 5.41) is 18.4. The molecule has 0 saturated carbocycles. The van der Waals surface area contributed by atoms with Crippen LogP contribution in [0.5, 0.6) is 11.5 Å². The quantitative estimate of drug-likeness (QED) is 0.0993. The number of hydrogen-bond acceptors (Lipinski definition) is 7. The van der Waals surface area contributed by atoms with Crippen molar-refractivity contribution in [3.05, 3.63) is 71.8 Å². The van der Waals surface area contributed by atoms with Crippen molar-refractivity contribution >= 4 is 16.1 Å². The molecule has 0 aliphatic heterocycles. The molecule has 0 aromatic heterocycles. The minimum Gasteiger partial charge on any atom is -0.748 e. The molecule has 11 heteroatoms. The zero-order valence-corrected chi connectivity index (χ0v) is 22.2. The Balaban J connectivity index is 0.00000578. The molecule has 0 fully saturated rings. The standard InChI is InChI=1S/C23H31N3O6S.Na/c1-2-16(17-8-12-20(13-9-17)32-15-26-23(24)25)14-21(33(29,30)31)4-3-5-22(28)18-6-10-19(27)11-7-18;/h3,5-13,16,21-22,27-28H,2,4,14-15H2,1H3,(H4,24,25,26)(H,29,30,31);/q;+1/p-1. The number of nitrogens with two attached hydrogens (primary N) is 2. The Kier molecular flexibility index (Phi) is 12.6. The van der Waals surface area contributed by atoms with E-state index in [0.29, 0.717) is 17.7 Å². The Morgan fingerprint density at radius 1 is 1.12 bits per heavy atom. The van der Waals surface area contributed by atoms with Crippen LogP contribution in [-0.2, 0) is 10.1 Å². The molecule has 0 aliphatic carbocycles. The number of phenolic OH excluding ortho intramolecular Hbond substituents is 1. The molecule has 34 heavy (non-hydrogen) atoms. The summed E-state index contributed by atoms with van der Waals surface area (Å²) in [5.41, 5.74) is 11.9. The van der Waals surface area contributed by atoms with E-state index in [-0.39, 0.29) is 66.8 Å². The van der Waals surface area contributed by atoms with Crippen LogP contribution >= 0.6 is 0 Å². The normalized spacial score (nSPS) is 14.1. The van der Waals surface area contributed by atoms with Crippen molar-refractivity contribution in [1.29, 1.82) is 0 Å². The summed E-state index contributed by atoms with van der Waals surface area (Å²) in [6.07, 6.45) is 2.74. The largest absolute Gasteiger partial charge is 1.00 e. The third-order valence-corrected chi connectivity index (χ3v) is 6.43. The maximum absolute atomic E-state index is 11.9. The number of nitrogens with zero attached hydrogens (tertiary/aromatic N) is 1. The van der Waals surface area contributed by atoms with Crippen molar-refractivity contribution in [3.8, 4) is 11.5 Å². The van der Waals surface area contributed by atoms with Gasteiger partial charge in [0.2, 0.25) is 0 Å². The fourth-order valence-electron chi connectivity index (χ4n) is 3.35. The molecule has 2 aromatic rings. The number of phenols is 1. The topological polar surface area (TPSA) is 171 Å². The molecule has 2 rings (SSSR count). The molecule has 0 aliphatic rings. The number of aliphatic imine (C=N–C) groups is 1. The van der Waals surface area contributed by atoms with Crippen LogP contribution in [0.3, 0.4) is 0 Å². The summed E-state index contributed by atoms with van der Waals surface area (Å²) in [5.74, 6) is 0.400. The zero-order valence-electron chi connectivity index (χ0n) is 19.4. The minimum absolute atomic E-state index is 0. The van der Waals surface area contributed by atoms with Gasteiger partial charge in [-0.2, -0.15) is 0 Å². The number of guanidine groups is 1. The molecule has 0 spiro atoms. The predicted molar refractivity (Wildman–Crippen MR) is 126 cm³/mol. The van der Waals surface area contributed by atoms with Crippen LogP contribution in [0.25, 0.3) is 0 Å². The SMILES string of the molecule is CCC(CC(CC=CC(O)c1ccc(O)cc1)S(=O)(=O)[O-])c1ccc(OCN=C(N)N)cc1.[Na+]. The number of aromatic hydroxyl groups is 1. The summed E-state index contributed by atoms with van der Waals surface area (Å²) >= 11 is 0. The molecule has 3 atom stereocenters. The number of ether oxygens (including phenoxy) is 1. The van der Waals surface area contributed by atoms with Crippen LogP contribution < -0.4 is 45.8 Å². The molecule has 9 nitrogen and oxygen atoms in total. The van der Waals surface area contributed by atoms with Crippen molar-refractivity contribution < 1.29 is 57.5 Å². The molecule has 3 unspecified atom stereocenters. The minimum atomic E-state index is -4.55. The summed E-state index contributed by atoms with van der Waals surface area (Å²) in [6, 6.07) is 13.1. The fourth-order valence-corrected chi connectivity index (χ4v) is 4.16. The maximum atomic E-state index is 11.9. The number of allylic oxidation sites excluding steroid dienone is 1. The Morgan fingerprint density at radius 2 is 1.71 bits per heavy atom. The average molecular weight is 500 g/mol. The van der Waals surface area contributed by atoms with Gasteiger partial charge < -0.3 is 31.0 Å². The van der Waals surface area contributed by atoms with Crippen molar-refractivity contribution in [3.63, 3.8) is 0 Å². The van der Waals surface area contributed by atoms with Gasteiger partial charge in [-0.3, -0.25) is 0 Å². The van der Waals surface area contributed by atoms with Crippen molar-refractivity contribution in [2.45, 2.75) is 43.5 Å². The van der Waals surface area contributed by atoms with E-state index in [1.54, 1.807) is 24.3 Å². The van der Waals surface area contributed by atoms with Crippen LogP contribution in [0.4, 0.5) is 0 Å². The molecule has 180 valence electrons. The predicted octanol–water partition coefficient (Wildman–Crippen LogP) is -0.517. The summed E-state index contributed by atoms with van der Waals surface area (Å²) in [4.78, 5) is 3.74. The van der Waals surface area contributed by atoms with Crippen LogP contribution in [0, 0.1) is 0 Å². The smallest absolute Gasteiger partial charge is 0.748 e. The molecule has 0 heterocycles. The monoisotopic (exact) mass is 499 g/mol. The van der Waals surface area contributed by atoms with Gasteiger partial charge in [0.05, 0.1) is 21.5 Å². The van der Waals surface area contributed by atoms with Gasteiger partial charge in [0.1, 0.15) is 11.5 Å². The van der Waals surface area contributed by atoms with E-state index in [1.807, 2.05) is 19.1 Å². The molecule has 0 bridgehead atoms. The molecule has 6 N–H and O–H groups in total. The second-order valence-electron chi connectivity index (χ2n) is 7.58. The first-order valence-corrected chi connectivity index (χ1v) is 11.9. The van der Waals surface area contributed by atoms with Crippen molar-refractivity contribution in [2.75, 3.05) is 6.73 Å². The van der Waals surface area contributed by atoms with Crippen LogP contribution in [-0.4, -0.2) is 41.1 Å². The molecule has 0 saturated heterocycles. The van der Waals surface area contributed by atoms with Gasteiger partial charge in [0, 0.05) is 0 Å². The van der Waals surface area contributed by atoms with E-state index in [1.165, 1.54) is 24.3 Å². The maximum Gasteiger partial charge on any atom is 1.00 e. The second kappa shape index (κ2) is 14.3. The van der Waals surface area contributed by atoms with Gasteiger partial charge in [-0.15, -0.1) is 0 Å². The van der Waals surface area contributed by atoms with Crippen LogP contribution in [0.15, 0.2) is 65.7 Å². The molecule has 0 amide bonds. The van der Waals surface area contributed by atoms with Gasteiger partial charge in [0.25, 0.3) is 0 Å². The van der Waals surface area contributed by atoms with Gasteiger partial charge in [-0.25, -0.2) is 13.4 Å². The second-order valence-corrected chi connectivity index (χ2v) is 9.23. The first-order chi connectivity index (χ1) is 15.6. The number of benzene rings is 2. The molecule has 0 radical (unpaired) electrons. The van der Waals surface area contributed by atoms with Crippen molar-refractivity contribution in [2.24, 2.45) is 16.5 Å². The van der Waals surface area contributed by atoms with E-state index in [0.717, 1.165) is 5.56 Å². The number of hydrogen-bond donors (Lipinski definition) is 4. The number of rotatable bonds is 12.